The van der Waals surface area contributed by atoms with Crippen LogP contribution < -0.4 is 0 Å². The third kappa shape index (κ3) is 2.61. The van der Waals surface area contributed by atoms with Crippen molar-refractivity contribution in [2.45, 2.75) is 33.0 Å². The van der Waals surface area contributed by atoms with Gasteiger partial charge in [0.05, 0.1) is 12.3 Å². The van der Waals surface area contributed by atoms with Crippen LogP contribution in [0.25, 0.3) is 16.9 Å². The number of carbonyl (C=O) groups excluding carboxylic acids is 1. The minimum absolute atomic E-state index is 0.0239. The van der Waals surface area contributed by atoms with Crippen LogP contribution in [-0.2, 0) is 18.0 Å². The number of rotatable bonds is 3. The van der Waals surface area contributed by atoms with Crippen molar-refractivity contribution >= 4 is 6.29 Å². The summed E-state index contributed by atoms with van der Waals surface area (Å²) in [5.74, 6) is 0.940. The van der Waals surface area contributed by atoms with Gasteiger partial charge in [0.25, 0.3) is 0 Å². The van der Waals surface area contributed by atoms with Crippen LogP contribution in [0.5, 0.6) is 0 Å². The summed E-state index contributed by atoms with van der Waals surface area (Å²) in [4.78, 5) is 20.9. The van der Waals surface area contributed by atoms with Crippen LogP contribution in [-0.4, -0.2) is 26.0 Å². The van der Waals surface area contributed by atoms with Crippen LogP contribution in [0.3, 0.4) is 0 Å². The van der Waals surface area contributed by atoms with Gasteiger partial charge >= 0.3 is 0 Å². The number of carbonyl (C=O) groups is 1. The van der Waals surface area contributed by atoms with E-state index in [1.54, 1.807) is 16.8 Å². The maximum atomic E-state index is 13.4. The van der Waals surface area contributed by atoms with Crippen molar-refractivity contribution < 1.29 is 13.9 Å². The van der Waals surface area contributed by atoms with Crippen LogP contribution in [0.4, 0.5) is 4.39 Å². The molecule has 0 spiro atoms. The van der Waals surface area contributed by atoms with Crippen molar-refractivity contribution in [3.05, 3.63) is 59.1 Å². The molecule has 1 aliphatic heterocycles. The first kappa shape index (κ1) is 16.5. The minimum Gasteiger partial charge on any atom is -0.369 e. The molecule has 0 amide bonds. The van der Waals surface area contributed by atoms with E-state index >= 15 is 0 Å². The van der Waals surface area contributed by atoms with E-state index in [0.29, 0.717) is 35.1 Å². The second-order valence-corrected chi connectivity index (χ2v) is 6.45. The summed E-state index contributed by atoms with van der Waals surface area (Å²) in [6, 6.07) is 6.08. The van der Waals surface area contributed by atoms with Crippen molar-refractivity contribution in [3.63, 3.8) is 0 Å². The maximum absolute atomic E-state index is 13.4. The summed E-state index contributed by atoms with van der Waals surface area (Å²) < 4.78 is 20.8. The Bertz CT molecular complexity index is 980. The Balaban J connectivity index is 2.09. The molecule has 3 heterocycles. The molecule has 4 rings (SSSR count). The second-order valence-electron chi connectivity index (χ2n) is 6.45. The molecule has 26 heavy (non-hydrogen) atoms. The number of aldehydes is 1. The Labute approximate surface area is 149 Å². The molecule has 0 saturated carbocycles. The zero-order chi connectivity index (χ0) is 18.3. The van der Waals surface area contributed by atoms with Gasteiger partial charge in [-0.25, -0.2) is 14.4 Å². The number of halogens is 1. The Kier molecular flexibility index (Phi) is 4.08. The highest BCUT2D eigenvalue weighted by atomic mass is 19.1. The molecule has 1 aromatic carbocycles. The summed E-state index contributed by atoms with van der Waals surface area (Å²) in [6.07, 6.45) is 2.27. The minimum atomic E-state index is -0.333. The van der Waals surface area contributed by atoms with Crippen LogP contribution in [0.15, 0.2) is 30.6 Å². The highest BCUT2D eigenvalue weighted by molar-refractivity contribution is 5.91. The number of hydrogen-bond donors (Lipinski definition) is 0. The van der Waals surface area contributed by atoms with Crippen LogP contribution in [0, 0.1) is 5.82 Å². The number of aromatic nitrogens is 4. The largest absolute Gasteiger partial charge is 0.369 e. The lowest BCUT2D eigenvalue weighted by Gasteiger charge is -2.19. The van der Waals surface area contributed by atoms with E-state index < -0.39 is 0 Å². The van der Waals surface area contributed by atoms with E-state index in [1.807, 2.05) is 13.8 Å². The highest BCUT2D eigenvalue weighted by Crippen LogP contribution is 2.36. The first-order valence-corrected chi connectivity index (χ1v) is 8.35. The van der Waals surface area contributed by atoms with Gasteiger partial charge in [0.2, 0.25) is 0 Å². The van der Waals surface area contributed by atoms with Crippen molar-refractivity contribution in [2.24, 2.45) is 0 Å². The molecule has 3 aromatic rings. The number of ether oxygens (including phenoxy) is 1. The Hall–Kier alpha value is -2.93. The average Bonchev–Trinajstić information content (AvgIpc) is 3.03. The third-order valence-corrected chi connectivity index (χ3v) is 4.44. The van der Waals surface area contributed by atoms with Gasteiger partial charge in [0.1, 0.15) is 18.8 Å². The lowest BCUT2D eigenvalue weighted by molar-refractivity contribution is 0.105. The predicted octanol–water partition coefficient (Wildman–Crippen LogP) is 3.43. The molecule has 132 valence electrons. The first-order chi connectivity index (χ1) is 12.6. The topological polar surface area (TPSA) is 69.9 Å². The quantitative estimate of drug-likeness (QED) is 0.676. The molecule has 0 unspecified atom stereocenters. The summed E-state index contributed by atoms with van der Waals surface area (Å²) >= 11 is 0. The van der Waals surface area contributed by atoms with Gasteiger partial charge in [-0.05, 0) is 23.6 Å². The van der Waals surface area contributed by atoms with Crippen molar-refractivity contribution in [1.82, 2.24) is 19.7 Å². The first-order valence-electron chi connectivity index (χ1n) is 8.35. The van der Waals surface area contributed by atoms with Crippen molar-refractivity contribution in [3.8, 4) is 16.9 Å². The van der Waals surface area contributed by atoms with Crippen molar-refractivity contribution in [1.29, 1.82) is 0 Å². The molecule has 0 saturated heterocycles. The van der Waals surface area contributed by atoms with E-state index in [0.717, 1.165) is 17.4 Å². The molecule has 7 heteroatoms. The summed E-state index contributed by atoms with van der Waals surface area (Å²) in [7, 11) is 0. The fraction of sp³-hybridized carbons (Fsp3) is 0.263. The normalized spacial score (nSPS) is 13.2. The molecule has 0 N–H and O–H groups in total. The third-order valence-electron chi connectivity index (χ3n) is 4.44. The van der Waals surface area contributed by atoms with Gasteiger partial charge in [-0.2, -0.15) is 9.78 Å². The predicted molar refractivity (Wildman–Crippen MR) is 92.5 cm³/mol. The van der Waals surface area contributed by atoms with Gasteiger partial charge < -0.3 is 4.74 Å². The Morgan fingerprint density at radius 1 is 1.23 bits per heavy atom. The van der Waals surface area contributed by atoms with E-state index in [2.05, 4.69) is 10.1 Å². The van der Waals surface area contributed by atoms with Crippen LogP contribution in [0.1, 0.15) is 47.2 Å². The average molecular weight is 352 g/mol. The molecule has 2 aromatic heterocycles. The molecular formula is C19H17FN4O2. The fourth-order valence-corrected chi connectivity index (χ4v) is 3.25. The van der Waals surface area contributed by atoms with E-state index in [9.17, 15) is 9.18 Å². The van der Waals surface area contributed by atoms with E-state index in [4.69, 9.17) is 9.72 Å². The number of pyridine rings is 1. The summed E-state index contributed by atoms with van der Waals surface area (Å²) in [6.45, 7) is 4.52. The summed E-state index contributed by atoms with van der Waals surface area (Å²) in [5.41, 5.74) is 3.35. The number of hydrogen-bond acceptors (Lipinski definition) is 5. The Morgan fingerprint density at radius 3 is 2.69 bits per heavy atom. The van der Waals surface area contributed by atoms with Gasteiger partial charge in [0, 0.05) is 16.7 Å². The van der Waals surface area contributed by atoms with Crippen LogP contribution >= 0.6 is 0 Å². The zero-order valence-electron chi connectivity index (χ0n) is 14.4. The molecule has 0 aliphatic carbocycles. The molecule has 0 bridgehead atoms. The second kappa shape index (κ2) is 6.42. The van der Waals surface area contributed by atoms with Gasteiger partial charge in [-0.1, -0.05) is 26.0 Å². The lowest BCUT2D eigenvalue weighted by atomic mass is 9.91. The van der Waals surface area contributed by atoms with Gasteiger partial charge in [-0.3, -0.25) is 4.79 Å². The van der Waals surface area contributed by atoms with E-state index in [1.165, 1.54) is 18.5 Å². The monoisotopic (exact) mass is 352 g/mol. The highest BCUT2D eigenvalue weighted by Gasteiger charge is 2.26. The molecule has 0 atom stereocenters. The van der Waals surface area contributed by atoms with Gasteiger partial charge in [-0.15, -0.1) is 0 Å². The standard InChI is InChI=1S/C19H17FN4O2/c1-11(2)18-14(7-25)17(12-3-5-13(20)6-4-12)15-8-26-9-16-21-10-22-24(16)19(15)23-18/h3-7,10-11H,8-9H2,1-2H3. The number of fused-ring (bicyclic) bond motifs is 3. The summed E-state index contributed by atoms with van der Waals surface area (Å²) in [5, 5.41) is 4.28. The Morgan fingerprint density at radius 2 is 2.00 bits per heavy atom. The number of nitrogens with zero attached hydrogens (tertiary/aromatic N) is 4. The SMILES string of the molecule is CC(C)c1nc2c(c(-c3ccc(F)cc3)c1C=O)COCc1ncnn1-2. The van der Waals surface area contributed by atoms with Crippen LogP contribution in [0.2, 0.25) is 0 Å². The molecule has 0 radical (unpaired) electrons. The lowest BCUT2D eigenvalue weighted by Crippen LogP contribution is -2.13. The molecule has 6 nitrogen and oxygen atoms in total. The smallest absolute Gasteiger partial charge is 0.162 e. The van der Waals surface area contributed by atoms with Crippen molar-refractivity contribution in [2.75, 3.05) is 0 Å². The van der Waals surface area contributed by atoms with E-state index in [-0.39, 0.29) is 18.3 Å². The zero-order valence-corrected chi connectivity index (χ0v) is 14.4. The molecule has 0 fully saturated rings. The fourth-order valence-electron chi connectivity index (χ4n) is 3.25. The van der Waals surface area contributed by atoms with Gasteiger partial charge in [0.15, 0.2) is 17.9 Å². The maximum Gasteiger partial charge on any atom is 0.162 e. The molecule has 1 aliphatic rings. The number of benzene rings is 1. The molecular weight excluding hydrogens is 335 g/mol.